The van der Waals surface area contributed by atoms with E-state index in [1.165, 1.54) is 15.4 Å². The van der Waals surface area contributed by atoms with Crippen LogP contribution in [0.3, 0.4) is 0 Å². The van der Waals surface area contributed by atoms with Gasteiger partial charge in [0.2, 0.25) is 0 Å². The summed E-state index contributed by atoms with van der Waals surface area (Å²) in [7, 11) is -0.273. The van der Waals surface area contributed by atoms with E-state index in [9.17, 15) is 8.42 Å². The van der Waals surface area contributed by atoms with Crippen LogP contribution in [0.4, 0.5) is 0 Å². The Morgan fingerprint density at radius 3 is 2.56 bits per heavy atom. The predicted molar refractivity (Wildman–Crippen MR) is 99.5 cm³/mol. The van der Waals surface area contributed by atoms with Crippen molar-refractivity contribution in [2.24, 2.45) is 0 Å². The summed E-state index contributed by atoms with van der Waals surface area (Å²) in [6, 6.07) is 14.2. The Morgan fingerprint density at radius 2 is 1.88 bits per heavy atom. The Labute approximate surface area is 150 Å². The van der Waals surface area contributed by atoms with Crippen LogP contribution in [0.15, 0.2) is 42.5 Å². The lowest BCUT2D eigenvalue weighted by Gasteiger charge is -2.26. The highest BCUT2D eigenvalue weighted by molar-refractivity contribution is 7.86. The average Bonchev–Trinajstić information content (AvgIpc) is 3.07. The second-order valence-corrected chi connectivity index (χ2v) is 8.87. The molecule has 6 heteroatoms. The summed E-state index contributed by atoms with van der Waals surface area (Å²) in [5.41, 5.74) is 4.25. The van der Waals surface area contributed by atoms with E-state index in [2.05, 4.69) is 31.2 Å². The van der Waals surface area contributed by atoms with E-state index in [0.717, 1.165) is 30.7 Å². The zero-order chi connectivity index (χ0) is 18.0. The Kier molecular flexibility index (Phi) is 5.22. The topological polar surface area (TPSA) is 53.5 Å². The standard InChI is InChI=1S/C19H25N3O2S/c1-15-9-11-16(12-10-15)14-17-6-4-7-18(20-17)19-8-5-13-22(19)25(23,24)21(2)3/h4,6-7,9-12,19H,5,8,13-14H2,1-3H3. The van der Waals surface area contributed by atoms with Crippen LogP contribution in [-0.4, -0.2) is 42.7 Å². The lowest BCUT2D eigenvalue weighted by Crippen LogP contribution is -2.39. The van der Waals surface area contributed by atoms with Crippen molar-refractivity contribution in [3.63, 3.8) is 0 Å². The molecule has 1 atom stereocenters. The van der Waals surface area contributed by atoms with Crippen molar-refractivity contribution in [2.45, 2.75) is 32.2 Å². The van der Waals surface area contributed by atoms with Gasteiger partial charge >= 0.3 is 0 Å². The van der Waals surface area contributed by atoms with Gasteiger partial charge < -0.3 is 0 Å². The highest BCUT2D eigenvalue weighted by atomic mass is 32.2. The molecule has 1 aliphatic heterocycles. The van der Waals surface area contributed by atoms with Crippen molar-refractivity contribution in [3.05, 3.63) is 65.0 Å². The van der Waals surface area contributed by atoms with E-state index in [4.69, 9.17) is 4.98 Å². The summed E-state index contributed by atoms with van der Waals surface area (Å²) < 4.78 is 28.0. The monoisotopic (exact) mass is 359 g/mol. The zero-order valence-electron chi connectivity index (χ0n) is 15.0. The average molecular weight is 359 g/mol. The normalized spacial score (nSPS) is 18.8. The number of hydrogen-bond donors (Lipinski definition) is 0. The van der Waals surface area contributed by atoms with Gasteiger partial charge in [0.05, 0.1) is 11.7 Å². The van der Waals surface area contributed by atoms with Gasteiger partial charge in [-0.25, -0.2) is 0 Å². The van der Waals surface area contributed by atoms with Crippen molar-refractivity contribution in [1.82, 2.24) is 13.6 Å². The third kappa shape index (κ3) is 3.92. The fourth-order valence-corrected chi connectivity index (χ4v) is 4.53. The second-order valence-electron chi connectivity index (χ2n) is 6.78. The largest absolute Gasteiger partial charge is 0.282 e. The molecule has 1 aliphatic rings. The second kappa shape index (κ2) is 7.23. The first-order chi connectivity index (χ1) is 11.9. The summed E-state index contributed by atoms with van der Waals surface area (Å²) in [4.78, 5) is 4.77. The molecule has 1 aromatic carbocycles. The summed E-state index contributed by atoms with van der Waals surface area (Å²) in [6.07, 6.45) is 2.43. The highest BCUT2D eigenvalue weighted by Crippen LogP contribution is 2.34. The molecule has 2 heterocycles. The maximum absolute atomic E-state index is 12.5. The van der Waals surface area contributed by atoms with Gasteiger partial charge in [0.1, 0.15) is 0 Å². The molecule has 0 aliphatic carbocycles. The molecule has 0 spiro atoms. The number of nitrogens with zero attached hydrogens (tertiary/aromatic N) is 3. The smallest absolute Gasteiger partial charge is 0.256 e. The Balaban J connectivity index is 1.84. The lowest BCUT2D eigenvalue weighted by atomic mass is 10.1. The van der Waals surface area contributed by atoms with Crippen LogP contribution in [-0.2, 0) is 16.6 Å². The Morgan fingerprint density at radius 1 is 1.16 bits per heavy atom. The Hall–Kier alpha value is -1.76. The van der Waals surface area contributed by atoms with E-state index in [0.29, 0.717) is 6.54 Å². The van der Waals surface area contributed by atoms with Crippen LogP contribution in [0.25, 0.3) is 0 Å². The molecule has 0 bridgehead atoms. The molecule has 0 radical (unpaired) electrons. The minimum atomic E-state index is -3.42. The van der Waals surface area contributed by atoms with Gasteiger partial charge in [-0.05, 0) is 37.5 Å². The van der Waals surface area contributed by atoms with Gasteiger partial charge in [0, 0.05) is 32.8 Å². The number of aryl methyl sites for hydroxylation is 1. The van der Waals surface area contributed by atoms with Crippen molar-refractivity contribution in [2.75, 3.05) is 20.6 Å². The maximum atomic E-state index is 12.5. The number of rotatable bonds is 5. The third-order valence-electron chi connectivity index (χ3n) is 4.64. The Bertz CT molecular complexity index is 832. The molecule has 1 saturated heterocycles. The number of hydrogen-bond acceptors (Lipinski definition) is 3. The lowest BCUT2D eigenvalue weighted by molar-refractivity contribution is 0.357. The summed E-state index contributed by atoms with van der Waals surface area (Å²) in [5, 5.41) is 0. The minimum Gasteiger partial charge on any atom is -0.256 e. The minimum absolute atomic E-state index is 0.176. The molecule has 25 heavy (non-hydrogen) atoms. The molecule has 0 saturated carbocycles. The molecular formula is C19H25N3O2S. The van der Waals surface area contributed by atoms with Crippen LogP contribution in [0.5, 0.6) is 0 Å². The highest BCUT2D eigenvalue weighted by Gasteiger charge is 2.37. The van der Waals surface area contributed by atoms with Crippen LogP contribution < -0.4 is 0 Å². The van der Waals surface area contributed by atoms with Gasteiger partial charge in [-0.3, -0.25) is 4.98 Å². The van der Waals surface area contributed by atoms with Gasteiger partial charge in [-0.1, -0.05) is 35.9 Å². The van der Waals surface area contributed by atoms with Gasteiger partial charge in [0.15, 0.2) is 0 Å². The van der Waals surface area contributed by atoms with Crippen LogP contribution in [0.1, 0.15) is 41.4 Å². The summed E-state index contributed by atoms with van der Waals surface area (Å²) >= 11 is 0. The van der Waals surface area contributed by atoms with E-state index >= 15 is 0 Å². The van der Waals surface area contributed by atoms with E-state index in [1.54, 1.807) is 18.4 Å². The van der Waals surface area contributed by atoms with E-state index in [-0.39, 0.29) is 6.04 Å². The van der Waals surface area contributed by atoms with Crippen molar-refractivity contribution in [3.8, 4) is 0 Å². The molecule has 2 aromatic rings. The first kappa shape index (κ1) is 18.0. The van der Waals surface area contributed by atoms with Crippen LogP contribution >= 0.6 is 0 Å². The molecule has 1 aromatic heterocycles. The van der Waals surface area contributed by atoms with E-state index in [1.807, 2.05) is 18.2 Å². The van der Waals surface area contributed by atoms with Crippen molar-refractivity contribution < 1.29 is 8.42 Å². The van der Waals surface area contributed by atoms with Crippen molar-refractivity contribution in [1.29, 1.82) is 0 Å². The summed E-state index contributed by atoms with van der Waals surface area (Å²) in [6.45, 7) is 2.62. The van der Waals surface area contributed by atoms with Crippen molar-refractivity contribution >= 4 is 10.2 Å². The van der Waals surface area contributed by atoms with Gasteiger partial charge in [0.25, 0.3) is 10.2 Å². The third-order valence-corrected chi connectivity index (χ3v) is 6.59. The van der Waals surface area contributed by atoms with Gasteiger partial charge in [-0.2, -0.15) is 17.0 Å². The molecule has 134 valence electrons. The molecule has 1 unspecified atom stereocenters. The van der Waals surface area contributed by atoms with Gasteiger partial charge in [-0.15, -0.1) is 0 Å². The summed E-state index contributed by atoms with van der Waals surface area (Å²) in [5.74, 6) is 0. The zero-order valence-corrected chi connectivity index (χ0v) is 15.8. The fraction of sp³-hybridized carbons (Fsp3) is 0.421. The first-order valence-electron chi connectivity index (χ1n) is 8.58. The van der Waals surface area contributed by atoms with E-state index < -0.39 is 10.2 Å². The first-order valence-corrected chi connectivity index (χ1v) is 9.98. The van der Waals surface area contributed by atoms with Crippen LogP contribution in [0.2, 0.25) is 0 Å². The molecule has 0 amide bonds. The molecule has 5 nitrogen and oxygen atoms in total. The number of benzene rings is 1. The predicted octanol–water partition coefficient (Wildman–Crippen LogP) is 2.92. The number of aromatic nitrogens is 1. The van der Waals surface area contributed by atoms with Crippen LogP contribution in [0, 0.1) is 6.92 Å². The quantitative estimate of drug-likeness (QED) is 0.825. The molecule has 1 fully saturated rings. The SMILES string of the molecule is Cc1ccc(Cc2cccc(C3CCCN3S(=O)(=O)N(C)C)n2)cc1. The molecule has 3 rings (SSSR count). The molecular weight excluding hydrogens is 334 g/mol. The fourth-order valence-electron chi connectivity index (χ4n) is 3.22. The number of pyridine rings is 1. The maximum Gasteiger partial charge on any atom is 0.282 e. The molecule has 0 N–H and O–H groups in total.